The van der Waals surface area contributed by atoms with E-state index in [0.717, 1.165) is 0 Å². The van der Waals surface area contributed by atoms with Gasteiger partial charge in [0.05, 0.1) is 0 Å². The summed E-state index contributed by atoms with van der Waals surface area (Å²) in [5, 5.41) is 0. The Kier molecular flexibility index (Phi) is 14.7. The van der Waals surface area contributed by atoms with Crippen LogP contribution in [0, 0.1) is 0 Å². The van der Waals surface area contributed by atoms with E-state index in [1.165, 1.54) is 0 Å². The molecule has 0 heterocycles. The molecular formula is C11H30O4Si2. The van der Waals surface area contributed by atoms with E-state index < -0.39 is 9.05 Å². The Hall–Kier alpha value is 0.274. The van der Waals surface area contributed by atoms with Crippen molar-refractivity contribution in [2.45, 2.75) is 47.3 Å². The van der Waals surface area contributed by atoms with E-state index in [1.54, 1.807) is 0 Å². The van der Waals surface area contributed by atoms with Crippen LogP contribution in [-0.4, -0.2) is 44.3 Å². The van der Waals surface area contributed by atoms with Crippen LogP contribution in [0.25, 0.3) is 0 Å². The van der Waals surface area contributed by atoms with Crippen molar-refractivity contribution < 1.29 is 17.7 Å². The Morgan fingerprint density at radius 2 is 0.824 bits per heavy atom. The topological polar surface area (TPSA) is 36.9 Å². The molecule has 0 amide bonds. The summed E-state index contributed by atoms with van der Waals surface area (Å²) in [6, 6.07) is 0. The van der Waals surface area contributed by atoms with Crippen molar-refractivity contribution in [2.24, 2.45) is 0 Å². The Bertz CT molecular complexity index is 124. The van der Waals surface area contributed by atoms with Crippen LogP contribution in [0.5, 0.6) is 0 Å². The Morgan fingerprint density at radius 1 is 0.647 bits per heavy atom. The zero-order valence-corrected chi connectivity index (χ0v) is 14.7. The molecule has 0 bridgehead atoms. The zero-order chi connectivity index (χ0) is 13.7. The van der Waals surface area contributed by atoms with Gasteiger partial charge in [0, 0.05) is 35.2 Å². The third kappa shape index (κ3) is 12.5. The van der Waals surface area contributed by atoms with Gasteiger partial charge in [-0.2, -0.15) is 0 Å². The lowest BCUT2D eigenvalue weighted by Crippen LogP contribution is -2.49. The normalized spacial score (nSPS) is 11.3. The lowest BCUT2D eigenvalue weighted by atomic mass is 10.9. The van der Waals surface area contributed by atoms with Crippen LogP contribution in [0.4, 0.5) is 0 Å². The summed E-state index contributed by atoms with van der Waals surface area (Å²) in [5.41, 5.74) is 0. The molecule has 0 saturated carbocycles. The van der Waals surface area contributed by atoms with Gasteiger partial charge >= 0.3 is 9.05 Å². The molecule has 17 heavy (non-hydrogen) atoms. The van der Waals surface area contributed by atoms with E-state index in [4.69, 9.17) is 17.7 Å². The molecule has 0 unspecified atom stereocenters. The molecule has 0 rings (SSSR count). The number of hydrogen-bond donors (Lipinski definition) is 0. The summed E-state index contributed by atoms with van der Waals surface area (Å²) in [6.45, 7) is 16.7. The molecule has 0 spiro atoms. The second-order valence-electron chi connectivity index (χ2n) is 3.96. The Labute approximate surface area is 110 Å². The highest BCUT2D eigenvalue weighted by atomic mass is 28.4. The fourth-order valence-electron chi connectivity index (χ4n) is 0.957. The van der Waals surface area contributed by atoms with E-state index in [1.807, 2.05) is 27.7 Å². The van der Waals surface area contributed by atoms with Crippen LogP contribution in [0.15, 0.2) is 0 Å². The second kappa shape index (κ2) is 12.7. The molecule has 0 aromatic rings. The molecule has 4 nitrogen and oxygen atoms in total. The first-order valence-electron chi connectivity index (χ1n) is 6.53. The predicted molar refractivity (Wildman–Crippen MR) is 77.0 cm³/mol. The largest absolute Gasteiger partial charge is 0.679 e. The third-order valence-corrected chi connectivity index (χ3v) is 3.85. The van der Waals surface area contributed by atoms with E-state index in [0.29, 0.717) is 26.4 Å². The van der Waals surface area contributed by atoms with Crippen LogP contribution in [0.3, 0.4) is 0 Å². The van der Waals surface area contributed by atoms with Crippen LogP contribution >= 0.6 is 0 Å². The molecule has 0 aliphatic heterocycles. The Morgan fingerprint density at radius 3 is 0.941 bits per heavy atom. The summed E-state index contributed by atoms with van der Waals surface area (Å²) in [6.07, 6.45) is 0. The highest BCUT2D eigenvalue weighted by Gasteiger charge is 2.44. The van der Waals surface area contributed by atoms with Crippen LogP contribution < -0.4 is 0 Å². The van der Waals surface area contributed by atoms with Gasteiger partial charge < -0.3 is 17.7 Å². The summed E-state index contributed by atoms with van der Waals surface area (Å²) in [4.78, 5) is 0. The van der Waals surface area contributed by atoms with Gasteiger partial charge in [0.2, 0.25) is 0 Å². The second-order valence-corrected chi connectivity index (χ2v) is 9.58. The maximum atomic E-state index is 5.42. The molecule has 0 radical (unpaired) electrons. The van der Waals surface area contributed by atoms with Crippen molar-refractivity contribution in [3.05, 3.63) is 0 Å². The maximum absolute atomic E-state index is 5.42. The molecule has 0 N–H and O–H groups in total. The van der Waals surface area contributed by atoms with Crippen molar-refractivity contribution in [3.8, 4) is 0 Å². The molecule has 0 aliphatic carbocycles. The van der Waals surface area contributed by atoms with Crippen molar-refractivity contribution >= 4 is 17.8 Å². The number of rotatable bonds is 8. The van der Waals surface area contributed by atoms with Crippen LogP contribution in [0.1, 0.15) is 27.7 Å². The molecule has 0 saturated heterocycles. The standard InChI is InChI=1S/C8H20O4Si.C3H10Si/c1-5-9-13(10-6-2,11-7-3)12-8-4;1-4(2)3/h5-8H2,1-4H3;4H,1-3H3. The van der Waals surface area contributed by atoms with Gasteiger partial charge in [-0.15, -0.1) is 0 Å². The van der Waals surface area contributed by atoms with Crippen molar-refractivity contribution in [3.63, 3.8) is 0 Å². The van der Waals surface area contributed by atoms with Gasteiger partial charge in [-0.25, -0.2) is 0 Å². The van der Waals surface area contributed by atoms with Crippen molar-refractivity contribution in [1.29, 1.82) is 0 Å². The lowest BCUT2D eigenvalue weighted by Gasteiger charge is -2.26. The van der Waals surface area contributed by atoms with E-state index in [-0.39, 0.29) is 8.80 Å². The number of hydrogen-bond acceptors (Lipinski definition) is 4. The summed E-state index contributed by atoms with van der Waals surface area (Å²) in [5.74, 6) is 0. The minimum absolute atomic E-state index is 0.139. The maximum Gasteiger partial charge on any atom is 0.679 e. The fraction of sp³-hybridized carbons (Fsp3) is 1.00. The van der Waals surface area contributed by atoms with E-state index >= 15 is 0 Å². The van der Waals surface area contributed by atoms with E-state index in [9.17, 15) is 0 Å². The van der Waals surface area contributed by atoms with Gasteiger partial charge in [0.25, 0.3) is 0 Å². The van der Waals surface area contributed by atoms with Crippen LogP contribution in [-0.2, 0) is 17.7 Å². The van der Waals surface area contributed by atoms with Gasteiger partial charge in [0.1, 0.15) is 0 Å². The van der Waals surface area contributed by atoms with Gasteiger partial charge in [-0.05, 0) is 27.7 Å². The highest BCUT2D eigenvalue weighted by Crippen LogP contribution is 2.11. The predicted octanol–water partition coefficient (Wildman–Crippen LogP) is 2.67. The first kappa shape index (κ1) is 19.6. The highest BCUT2D eigenvalue weighted by molar-refractivity contribution is 6.54. The average molecular weight is 283 g/mol. The molecule has 0 aromatic heterocycles. The van der Waals surface area contributed by atoms with Gasteiger partial charge in [-0.3, -0.25) is 0 Å². The molecule has 0 aromatic carbocycles. The minimum atomic E-state index is -2.80. The smallest absolute Gasteiger partial charge is 0.351 e. The quantitative estimate of drug-likeness (QED) is 0.641. The molecule has 6 heteroatoms. The summed E-state index contributed by atoms with van der Waals surface area (Å²) < 4.78 is 21.7. The lowest BCUT2D eigenvalue weighted by molar-refractivity contribution is -0.0247. The SMILES string of the molecule is CCO[Si](OCC)(OCC)OCC.C[SiH](C)C. The monoisotopic (exact) mass is 282 g/mol. The first-order chi connectivity index (χ1) is 7.97. The summed E-state index contributed by atoms with van der Waals surface area (Å²) >= 11 is 0. The van der Waals surface area contributed by atoms with Crippen LogP contribution in [0.2, 0.25) is 19.6 Å². The van der Waals surface area contributed by atoms with Crippen molar-refractivity contribution in [1.82, 2.24) is 0 Å². The first-order valence-corrected chi connectivity index (χ1v) is 11.6. The van der Waals surface area contributed by atoms with E-state index in [2.05, 4.69) is 19.6 Å². The fourth-order valence-corrected chi connectivity index (χ4v) is 2.87. The van der Waals surface area contributed by atoms with Gasteiger partial charge in [0.15, 0.2) is 0 Å². The average Bonchev–Trinajstić information content (AvgIpc) is 2.18. The summed E-state index contributed by atoms with van der Waals surface area (Å²) in [7, 11) is -2.93. The van der Waals surface area contributed by atoms with Crippen molar-refractivity contribution in [2.75, 3.05) is 26.4 Å². The molecule has 106 valence electrons. The molecular weight excluding hydrogens is 252 g/mol. The minimum Gasteiger partial charge on any atom is -0.351 e. The molecule has 0 fully saturated rings. The Balaban J connectivity index is 0. The molecule has 0 atom stereocenters. The van der Waals surface area contributed by atoms with Gasteiger partial charge in [-0.1, -0.05) is 19.6 Å². The zero-order valence-electron chi connectivity index (χ0n) is 12.5. The third-order valence-electron chi connectivity index (χ3n) is 1.28. The molecule has 0 aliphatic rings.